The Balaban J connectivity index is 1.37. The summed E-state index contributed by atoms with van der Waals surface area (Å²) in [5.41, 5.74) is 3.81. The number of ether oxygens (including phenoxy) is 2. The Morgan fingerprint density at radius 1 is 0.459 bits per heavy atom. The minimum absolute atomic E-state index is 0.144. The molecule has 4 aromatic rings. The first-order valence-corrected chi connectivity index (χ1v) is 12.8. The highest BCUT2D eigenvalue weighted by Gasteiger charge is 2.47. The van der Waals surface area contributed by atoms with Crippen molar-refractivity contribution in [2.75, 3.05) is 0 Å². The smallest absolute Gasteiger partial charge is 0.200 e. The first kappa shape index (κ1) is 23.2. The molecule has 0 N–H and O–H groups in total. The average molecular weight is 487 g/mol. The van der Waals surface area contributed by atoms with Crippen molar-refractivity contribution in [2.24, 2.45) is 15.4 Å². The van der Waals surface area contributed by atoms with E-state index in [1.807, 2.05) is 48.5 Å². The van der Waals surface area contributed by atoms with Crippen LogP contribution in [-0.2, 0) is 9.47 Å². The maximum absolute atomic E-state index is 6.66. The van der Waals surface area contributed by atoms with Gasteiger partial charge in [-0.1, -0.05) is 121 Å². The zero-order chi connectivity index (χ0) is 25.2. The number of hydrogen-bond acceptors (Lipinski definition) is 4. The van der Waals surface area contributed by atoms with Crippen LogP contribution in [0.25, 0.3) is 0 Å². The molecule has 0 saturated carbocycles. The lowest BCUT2D eigenvalue weighted by Crippen LogP contribution is -2.34. The predicted octanol–water partition coefficient (Wildman–Crippen LogP) is 7.84. The van der Waals surface area contributed by atoms with E-state index in [0.29, 0.717) is 11.8 Å². The van der Waals surface area contributed by atoms with Crippen LogP contribution in [0.15, 0.2) is 131 Å². The van der Waals surface area contributed by atoms with Crippen LogP contribution in [0.3, 0.4) is 0 Å². The van der Waals surface area contributed by atoms with Crippen molar-refractivity contribution in [2.45, 2.75) is 38.1 Å². The van der Waals surface area contributed by atoms with E-state index in [1.54, 1.807) is 0 Å². The van der Waals surface area contributed by atoms with Crippen molar-refractivity contribution in [3.05, 3.63) is 144 Å². The van der Waals surface area contributed by atoms with Gasteiger partial charge >= 0.3 is 0 Å². The second-order valence-corrected chi connectivity index (χ2v) is 10.1. The molecule has 0 aliphatic carbocycles. The van der Waals surface area contributed by atoms with Crippen LogP contribution in [-0.4, -0.2) is 11.8 Å². The minimum Gasteiger partial charge on any atom is -0.469 e. The molecule has 0 saturated heterocycles. The third-order valence-corrected chi connectivity index (χ3v) is 7.17. The molecule has 0 unspecified atom stereocenters. The Bertz CT molecular complexity index is 1290. The highest BCUT2D eigenvalue weighted by atomic mass is 16.5. The fourth-order valence-electron chi connectivity index (χ4n) is 5.11. The molecular formula is C33H30N2O2. The summed E-state index contributed by atoms with van der Waals surface area (Å²) in [5.74, 6) is 1.30. The van der Waals surface area contributed by atoms with E-state index >= 15 is 0 Å². The van der Waals surface area contributed by atoms with E-state index in [4.69, 9.17) is 19.5 Å². The quantitative estimate of drug-likeness (QED) is 0.279. The van der Waals surface area contributed by atoms with Gasteiger partial charge in [-0.3, -0.25) is 0 Å². The normalized spacial score (nSPS) is 23.1. The number of rotatable bonds is 6. The van der Waals surface area contributed by atoms with Crippen molar-refractivity contribution in [3.8, 4) is 0 Å². The van der Waals surface area contributed by atoms with Crippen LogP contribution in [0, 0.1) is 5.41 Å². The average Bonchev–Trinajstić information content (AvgIpc) is 3.62. The molecule has 4 aromatic carbocycles. The number of benzene rings is 4. The Morgan fingerprint density at radius 2 is 0.757 bits per heavy atom. The van der Waals surface area contributed by atoms with Crippen molar-refractivity contribution in [3.63, 3.8) is 0 Å². The van der Waals surface area contributed by atoms with Crippen LogP contribution in [0.1, 0.15) is 60.4 Å². The van der Waals surface area contributed by atoms with Crippen LogP contribution in [0.5, 0.6) is 0 Å². The van der Waals surface area contributed by atoms with Gasteiger partial charge in [0, 0.05) is 0 Å². The molecule has 0 bridgehead atoms. The summed E-state index contributed by atoms with van der Waals surface area (Å²) in [5, 5.41) is 0. The van der Waals surface area contributed by atoms with Gasteiger partial charge in [-0.2, -0.15) is 0 Å². The monoisotopic (exact) mass is 486 g/mol. The maximum Gasteiger partial charge on any atom is 0.200 e. The topological polar surface area (TPSA) is 43.2 Å². The second kappa shape index (κ2) is 9.70. The maximum atomic E-state index is 6.66. The van der Waals surface area contributed by atoms with Crippen LogP contribution in [0.4, 0.5) is 0 Å². The summed E-state index contributed by atoms with van der Waals surface area (Å²) in [6, 6.07) is 41.1. The molecule has 2 aliphatic rings. The van der Waals surface area contributed by atoms with Gasteiger partial charge in [-0.05, 0) is 36.1 Å². The molecule has 0 radical (unpaired) electrons. The number of hydrogen-bond donors (Lipinski definition) is 0. The van der Waals surface area contributed by atoms with E-state index in [0.717, 1.165) is 22.3 Å². The standard InChI is InChI=1S/C33H30N2O2/c1-33(2,31-34-27(23-15-7-3-8-16-23)29(36-31)25-19-11-5-12-20-25)32-35-28(24-17-9-4-10-18-24)30(37-32)26-21-13-6-14-22-26/h3-22,27-30H,1-2H3/t27-,28-,29+,30+/m1/s1. The summed E-state index contributed by atoms with van der Waals surface area (Å²) < 4.78 is 13.3. The minimum atomic E-state index is -0.646. The van der Waals surface area contributed by atoms with Crippen molar-refractivity contribution >= 4 is 11.8 Å². The van der Waals surface area contributed by atoms with E-state index in [1.165, 1.54) is 0 Å². The van der Waals surface area contributed by atoms with Crippen LogP contribution < -0.4 is 0 Å². The predicted molar refractivity (Wildman–Crippen MR) is 148 cm³/mol. The van der Waals surface area contributed by atoms with Gasteiger partial charge in [-0.25, -0.2) is 9.98 Å². The Labute approximate surface area is 218 Å². The molecule has 4 heteroatoms. The molecule has 184 valence electrons. The molecule has 2 heterocycles. The zero-order valence-electron chi connectivity index (χ0n) is 21.1. The summed E-state index contributed by atoms with van der Waals surface area (Å²) in [4.78, 5) is 10.3. The zero-order valence-corrected chi connectivity index (χ0v) is 21.1. The Kier molecular flexibility index (Phi) is 6.09. The summed E-state index contributed by atoms with van der Waals surface area (Å²) in [6.45, 7) is 4.19. The summed E-state index contributed by atoms with van der Waals surface area (Å²) in [6.07, 6.45) is -0.426. The molecule has 4 atom stereocenters. The fourth-order valence-corrected chi connectivity index (χ4v) is 5.11. The Hall–Kier alpha value is -4.18. The summed E-state index contributed by atoms with van der Waals surface area (Å²) in [7, 11) is 0. The second-order valence-electron chi connectivity index (χ2n) is 10.1. The highest BCUT2D eigenvalue weighted by Crippen LogP contribution is 2.47. The highest BCUT2D eigenvalue weighted by molar-refractivity contribution is 6.05. The molecule has 6 rings (SSSR count). The molecule has 0 fully saturated rings. The van der Waals surface area contributed by atoms with Gasteiger partial charge in [0.2, 0.25) is 0 Å². The SMILES string of the molecule is CC(C)(C1=N[C@H](c2ccccc2)[C@H](c2ccccc2)O1)C1=N[C@H](c2ccccc2)[C@H](c2ccccc2)O1. The molecule has 37 heavy (non-hydrogen) atoms. The lowest BCUT2D eigenvalue weighted by Gasteiger charge is -2.26. The third kappa shape index (κ3) is 4.44. The molecular weight excluding hydrogens is 456 g/mol. The first-order chi connectivity index (χ1) is 18.1. The molecule has 2 aliphatic heterocycles. The lowest BCUT2D eigenvalue weighted by atomic mass is 9.93. The first-order valence-electron chi connectivity index (χ1n) is 12.8. The van der Waals surface area contributed by atoms with Crippen LogP contribution in [0.2, 0.25) is 0 Å². The fraction of sp³-hybridized carbons (Fsp3) is 0.212. The van der Waals surface area contributed by atoms with Gasteiger partial charge in [0.05, 0.1) is 0 Å². The van der Waals surface area contributed by atoms with Gasteiger partial charge in [0.15, 0.2) is 24.0 Å². The third-order valence-electron chi connectivity index (χ3n) is 7.17. The van der Waals surface area contributed by atoms with Crippen LogP contribution >= 0.6 is 0 Å². The van der Waals surface area contributed by atoms with Crippen molar-refractivity contribution < 1.29 is 9.47 Å². The van der Waals surface area contributed by atoms with Gasteiger partial charge in [-0.15, -0.1) is 0 Å². The van der Waals surface area contributed by atoms with Crippen molar-refractivity contribution in [1.29, 1.82) is 0 Å². The molecule has 0 amide bonds. The lowest BCUT2D eigenvalue weighted by molar-refractivity contribution is 0.162. The van der Waals surface area contributed by atoms with E-state index in [2.05, 4.69) is 86.6 Å². The largest absolute Gasteiger partial charge is 0.469 e. The van der Waals surface area contributed by atoms with E-state index in [-0.39, 0.29) is 24.3 Å². The van der Waals surface area contributed by atoms with E-state index in [9.17, 15) is 0 Å². The van der Waals surface area contributed by atoms with E-state index < -0.39 is 5.41 Å². The van der Waals surface area contributed by atoms with Gasteiger partial charge < -0.3 is 9.47 Å². The number of aliphatic imine (C=N–C) groups is 2. The van der Waals surface area contributed by atoms with Gasteiger partial charge in [0.1, 0.15) is 17.5 Å². The Morgan fingerprint density at radius 3 is 1.08 bits per heavy atom. The van der Waals surface area contributed by atoms with Gasteiger partial charge in [0.25, 0.3) is 0 Å². The number of nitrogens with zero attached hydrogens (tertiary/aromatic N) is 2. The summed E-state index contributed by atoms with van der Waals surface area (Å²) >= 11 is 0. The molecule has 4 nitrogen and oxygen atoms in total. The molecule has 0 aromatic heterocycles. The van der Waals surface area contributed by atoms with Crippen molar-refractivity contribution in [1.82, 2.24) is 0 Å². The molecule has 0 spiro atoms.